The first-order valence-electron chi connectivity index (χ1n) is 1.63. The molecule has 1 aliphatic heterocycles. The van der Waals surface area contributed by atoms with Crippen molar-refractivity contribution in [3.05, 3.63) is 0 Å². The van der Waals surface area contributed by atoms with Crippen molar-refractivity contribution in [2.45, 2.75) is 13.2 Å². The minimum absolute atomic E-state index is 0.127. The second-order valence-corrected chi connectivity index (χ2v) is 1.92. The predicted molar refractivity (Wildman–Crippen MR) is 18.8 cm³/mol. The van der Waals surface area contributed by atoms with Gasteiger partial charge in [-0.05, 0) is 6.92 Å². The van der Waals surface area contributed by atoms with Crippen LogP contribution in [0.2, 0.25) is 0 Å². The summed E-state index contributed by atoms with van der Waals surface area (Å²) < 4.78 is 9.69. The Kier molecular flexibility index (Phi) is 0.927. The normalized spacial score (nSPS) is 24.2. The monoisotopic (exact) mass is 88.0 g/mol. The lowest BCUT2D eigenvalue weighted by molar-refractivity contribution is -0.0808. The summed E-state index contributed by atoms with van der Waals surface area (Å²) in [5, 5.41) is 0. The molecule has 3 heteroatoms. The van der Waals surface area contributed by atoms with Crippen LogP contribution in [0.1, 0.15) is 6.92 Å². The van der Waals surface area contributed by atoms with Gasteiger partial charge in [0.2, 0.25) is 0 Å². The fourth-order valence-corrected chi connectivity index (χ4v) is 0.612. The Morgan fingerprint density at radius 3 is 2.00 bits per heavy atom. The molecule has 0 saturated carbocycles. The van der Waals surface area contributed by atoms with E-state index in [4.69, 9.17) is 7.58 Å². The predicted octanol–water partition coefficient (Wildman–Crippen LogP) is -0.354. The Labute approximate surface area is 37.5 Å². The zero-order valence-corrected chi connectivity index (χ0v) is 4.52. The first kappa shape index (κ1) is 3.64. The van der Waals surface area contributed by atoms with Crippen LogP contribution in [0, 0.1) is 0 Å². The molecule has 0 aliphatic carbocycles. The standard InChI is InChI=1S/C2H4O2.Al.H/c1-2(3)4;;/h2H,1H3;;/q-2;+2;. The van der Waals surface area contributed by atoms with Crippen molar-refractivity contribution in [2.75, 3.05) is 0 Å². The van der Waals surface area contributed by atoms with Gasteiger partial charge in [-0.15, -0.1) is 0 Å². The fraction of sp³-hybridized carbons (Fsp3) is 1.00. The van der Waals surface area contributed by atoms with Gasteiger partial charge in [-0.3, -0.25) is 0 Å². The number of rotatable bonds is 0. The van der Waals surface area contributed by atoms with Crippen LogP contribution in [0.3, 0.4) is 0 Å². The van der Waals surface area contributed by atoms with Crippen LogP contribution in [0.15, 0.2) is 0 Å². The van der Waals surface area contributed by atoms with Crippen molar-refractivity contribution < 1.29 is 7.58 Å². The van der Waals surface area contributed by atoms with Crippen molar-refractivity contribution in [2.24, 2.45) is 0 Å². The van der Waals surface area contributed by atoms with Gasteiger partial charge >= 0.3 is 15.9 Å². The molecule has 0 bridgehead atoms. The van der Waals surface area contributed by atoms with Gasteiger partial charge in [-0.2, -0.15) is 0 Å². The summed E-state index contributed by atoms with van der Waals surface area (Å²) in [7, 11) is 0. The van der Waals surface area contributed by atoms with Crippen molar-refractivity contribution in [3.8, 4) is 0 Å². The Hall–Kier alpha value is 0.452. The Morgan fingerprint density at radius 2 is 2.00 bits per heavy atom. The van der Waals surface area contributed by atoms with Crippen LogP contribution in [0.25, 0.3) is 0 Å². The molecule has 0 aromatic carbocycles. The molecule has 5 heavy (non-hydrogen) atoms. The third kappa shape index (κ3) is 0.643. The van der Waals surface area contributed by atoms with E-state index in [1.54, 1.807) is 0 Å². The van der Waals surface area contributed by atoms with E-state index in [2.05, 4.69) is 0 Å². The molecule has 1 rings (SSSR count). The lowest BCUT2D eigenvalue weighted by atomic mass is 10.8. The molecule has 0 unspecified atom stereocenters. The molecule has 1 heterocycles. The Bertz CT molecular complexity index is 34.6. The van der Waals surface area contributed by atoms with Crippen LogP contribution in [0.5, 0.6) is 0 Å². The van der Waals surface area contributed by atoms with Gasteiger partial charge in [0.05, 0.1) is 0 Å². The second-order valence-electron chi connectivity index (χ2n) is 1.02. The summed E-state index contributed by atoms with van der Waals surface area (Å²) in [6.07, 6.45) is 0.127. The van der Waals surface area contributed by atoms with Crippen LogP contribution < -0.4 is 0 Å². The van der Waals surface area contributed by atoms with Gasteiger partial charge in [-0.25, -0.2) is 0 Å². The van der Waals surface area contributed by atoms with Gasteiger partial charge in [0, 0.05) is 0 Å². The van der Waals surface area contributed by atoms with Crippen molar-refractivity contribution in [1.82, 2.24) is 0 Å². The summed E-state index contributed by atoms with van der Waals surface area (Å²) in [6.45, 7) is 1.90. The second kappa shape index (κ2) is 1.27. The summed E-state index contributed by atoms with van der Waals surface area (Å²) in [5.74, 6) is 0. The highest BCUT2D eigenvalue weighted by molar-refractivity contribution is 6.20. The third-order valence-electron chi connectivity index (χ3n) is 0.605. The molecule has 0 atom stereocenters. The SMILES string of the molecule is CC1[O][AlH][O]1. The summed E-state index contributed by atoms with van der Waals surface area (Å²) >= 11 is -0.443. The zero-order valence-electron chi connectivity index (χ0n) is 3.10. The first-order chi connectivity index (χ1) is 2.39. The maximum atomic E-state index is 4.85. The van der Waals surface area contributed by atoms with Gasteiger partial charge in [0.25, 0.3) is 0 Å². The van der Waals surface area contributed by atoms with Crippen LogP contribution >= 0.6 is 0 Å². The molecule has 1 aliphatic rings. The summed E-state index contributed by atoms with van der Waals surface area (Å²) in [5.41, 5.74) is 0. The van der Waals surface area contributed by atoms with E-state index in [-0.39, 0.29) is 6.29 Å². The average Bonchev–Trinajstić information content (AvgIpc) is 1.30. The van der Waals surface area contributed by atoms with E-state index in [0.29, 0.717) is 0 Å². The van der Waals surface area contributed by atoms with E-state index in [9.17, 15) is 0 Å². The molecule has 1 saturated heterocycles. The van der Waals surface area contributed by atoms with Crippen LogP contribution in [-0.2, 0) is 7.58 Å². The van der Waals surface area contributed by atoms with Crippen molar-refractivity contribution in [3.63, 3.8) is 0 Å². The van der Waals surface area contributed by atoms with Gasteiger partial charge in [-0.1, -0.05) is 0 Å². The van der Waals surface area contributed by atoms with Gasteiger partial charge in [0.15, 0.2) is 0 Å². The molecule has 0 amide bonds. The highest BCUT2D eigenvalue weighted by Crippen LogP contribution is 1.99. The Morgan fingerprint density at radius 1 is 1.60 bits per heavy atom. The highest BCUT2D eigenvalue weighted by atomic mass is 27.2. The quantitative estimate of drug-likeness (QED) is 0.377. The summed E-state index contributed by atoms with van der Waals surface area (Å²) in [6, 6.07) is 0. The topological polar surface area (TPSA) is 18.5 Å². The van der Waals surface area contributed by atoms with Crippen LogP contribution in [-0.4, -0.2) is 22.2 Å². The van der Waals surface area contributed by atoms with Crippen molar-refractivity contribution >= 4 is 15.9 Å². The van der Waals surface area contributed by atoms with E-state index in [1.165, 1.54) is 0 Å². The molecular weight excluding hydrogens is 83.0 g/mol. The minimum Gasteiger partial charge on any atom is -0.460 e. The van der Waals surface area contributed by atoms with E-state index >= 15 is 0 Å². The van der Waals surface area contributed by atoms with Gasteiger partial charge < -0.3 is 7.58 Å². The zero-order chi connectivity index (χ0) is 3.70. The third-order valence-corrected chi connectivity index (χ3v) is 1.82. The molecule has 28 valence electrons. The van der Waals surface area contributed by atoms with Crippen LogP contribution in [0.4, 0.5) is 0 Å². The minimum atomic E-state index is -0.443. The molecule has 1 fully saturated rings. The van der Waals surface area contributed by atoms with E-state index in [1.807, 2.05) is 6.92 Å². The van der Waals surface area contributed by atoms with E-state index in [0.717, 1.165) is 0 Å². The lowest BCUT2D eigenvalue weighted by Crippen LogP contribution is -2.30. The maximum Gasteiger partial charge on any atom is 0.653 e. The molecule has 0 aromatic heterocycles. The number of hydrogen-bond donors (Lipinski definition) is 0. The fourth-order valence-electron chi connectivity index (χ4n) is 0.204. The molecule has 0 aromatic rings. The average molecular weight is 88.0 g/mol. The first-order valence-corrected chi connectivity index (χ1v) is 2.78. The smallest absolute Gasteiger partial charge is 0.460 e. The molecule has 0 N–H and O–H groups in total. The lowest BCUT2D eigenvalue weighted by Gasteiger charge is -2.22. The molecular formula is C2H5AlO2. The number of hydrogen-bond acceptors (Lipinski definition) is 2. The summed E-state index contributed by atoms with van der Waals surface area (Å²) in [4.78, 5) is 0. The molecule has 0 radical (unpaired) electrons. The van der Waals surface area contributed by atoms with Crippen molar-refractivity contribution in [1.29, 1.82) is 0 Å². The largest absolute Gasteiger partial charge is 0.653 e. The maximum absolute atomic E-state index is 4.85. The molecule has 2 nitrogen and oxygen atoms in total. The molecule has 0 spiro atoms. The van der Waals surface area contributed by atoms with Gasteiger partial charge in [0.1, 0.15) is 6.29 Å². The highest BCUT2D eigenvalue weighted by Gasteiger charge is 2.15. The Balaban J connectivity index is 2.08. The van der Waals surface area contributed by atoms with E-state index < -0.39 is 15.9 Å².